The molecule has 0 bridgehead atoms. The van der Waals surface area contributed by atoms with E-state index in [0.717, 1.165) is 16.0 Å². The lowest BCUT2D eigenvalue weighted by Gasteiger charge is -2.34. The molecule has 25 heavy (non-hydrogen) atoms. The van der Waals surface area contributed by atoms with Crippen molar-refractivity contribution in [3.8, 4) is 0 Å². The van der Waals surface area contributed by atoms with Crippen LogP contribution in [0.15, 0.2) is 60.7 Å². The van der Waals surface area contributed by atoms with Gasteiger partial charge in [-0.2, -0.15) is 0 Å². The summed E-state index contributed by atoms with van der Waals surface area (Å²) >= 11 is 7.55. The molecule has 1 aliphatic heterocycles. The van der Waals surface area contributed by atoms with Gasteiger partial charge in [0.25, 0.3) is 0 Å². The van der Waals surface area contributed by atoms with Crippen LogP contribution in [0.2, 0.25) is 5.02 Å². The first-order valence-electron chi connectivity index (χ1n) is 7.96. The van der Waals surface area contributed by atoms with Gasteiger partial charge in [0.1, 0.15) is 5.25 Å². The maximum atomic E-state index is 11.9. The van der Waals surface area contributed by atoms with Crippen molar-refractivity contribution in [1.29, 1.82) is 0 Å². The fourth-order valence-electron chi connectivity index (χ4n) is 3.05. The van der Waals surface area contributed by atoms with Crippen molar-refractivity contribution in [2.45, 2.75) is 17.3 Å². The van der Waals surface area contributed by atoms with Crippen LogP contribution in [0.1, 0.15) is 16.4 Å². The number of nitro groups is 1. The smallest absolute Gasteiger partial charge is 0.247 e. The predicted molar refractivity (Wildman–Crippen MR) is 104 cm³/mol. The Hall–Kier alpha value is -1.82. The molecule has 0 amide bonds. The van der Waals surface area contributed by atoms with Crippen molar-refractivity contribution in [3.63, 3.8) is 0 Å². The van der Waals surface area contributed by atoms with E-state index in [1.54, 1.807) is 11.8 Å². The van der Waals surface area contributed by atoms with Crippen LogP contribution in [0.3, 0.4) is 0 Å². The maximum Gasteiger partial charge on any atom is 0.247 e. The van der Waals surface area contributed by atoms with Crippen LogP contribution in [-0.2, 0) is 0 Å². The number of benzene rings is 2. The number of hydrogen-bond donors (Lipinski definition) is 0. The monoisotopic (exact) mass is 374 g/mol. The van der Waals surface area contributed by atoms with Crippen LogP contribution >= 0.6 is 23.4 Å². The molecule has 0 saturated heterocycles. The summed E-state index contributed by atoms with van der Waals surface area (Å²) in [5.74, 6) is 0. The van der Waals surface area contributed by atoms with E-state index in [2.05, 4.69) is 0 Å². The van der Waals surface area contributed by atoms with Gasteiger partial charge in [-0.3, -0.25) is 15.0 Å². The van der Waals surface area contributed by atoms with E-state index >= 15 is 0 Å². The third kappa shape index (κ3) is 3.89. The van der Waals surface area contributed by atoms with Gasteiger partial charge in [-0.1, -0.05) is 54.1 Å². The topological polar surface area (TPSA) is 46.4 Å². The highest BCUT2D eigenvalue weighted by Crippen LogP contribution is 2.48. The Labute approximate surface area is 156 Å². The number of rotatable bonds is 4. The zero-order valence-electron chi connectivity index (χ0n) is 14.0. The molecule has 0 saturated carbocycles. The summed E-state index contributed by atoms with van der Waals surface area (Å²) in [5.41, 5.74) is 2.00. The molecule has 0 aliphatic carbocycles. The van der Waals surface area contributed by atoms with Crippen LogP contribution in [-0.4, -0.2) is 36.0 Å². The van der Waals surface area contributed by atoms with Crippen LogP contribution in [0, 0.1) is 10.1 Å². The number of nitrogens with zero attached hydrogens (tertiary/aromatic N) is 2. The van der Waals surface area contributed by atoms with Crippen molar-refractivity contribution < 1.29 is 4.92 Å². The van der Waals surface area contributed by atoms with Crippen molar-refractivity contribution in [1.82, 2.24) is 4.90 Å². The number of thioether (sulfide) groups is 1. The molecule has 2 aromatic carbocycles. The van der Waals surface area contributed by atoms with Gasteiger partial charge in [-0.25, -0.2) is 0 Å². The minimum Gasteiger partial charge on any atom is -0.297 e. The second-order valence-corrected chi connectivity index (χ2v) is 7.84. The van der Waals surface area contributed by atoms with E-state index < -0.39 is 6.04 Å². The Morgan fingerprint density at radius 2 is 1.72 bits per heavy atom. The first-order chi connectivity index (χ1) is 12.0. The number of halogens is 1. The van der Waals surface area contributed by atoms with Crippen molar-refractivity contribution in [2.75, 3.05) is 14.1 Å². The molecule has 1 aliphatic rings. The third-order valence-corrected chi connectivity index (χ3v) is 6.02. The summed E-state index contributed by atoms with van der Waals surface area (Å²) in [6, 6.07) is 16.3. The molecular weight excluding hydrogens is 356 g/mol. The first-order valence-corrected chi connectivity index (χ1v) is 9.22. The normalized spacial score (nSPS) is 23.4. The lowest BCUT2D eigenvalue weighted by molar-refractivity contribution is -0.528. The van der Waals surface area contributed by atoms with Crippen LogP contribution in [0.25, 0.3) is 4.91 Å². The molecule has 130 valence electrons. The Kier molecular flexibility index (Phi) is 5.47. The largest absolute Gasteiger partial charge is 0.297 e. The highest BCUT2D eigenvalue weighted by Gasteiger charge is 2.44. The second-order valence-electron chi connectivity index (χ2n) is 6.22. The summed E-state index contributed by atoms with van der Waals surface area (Å²) in [4.78, 5) is 14.7. The average Bonchev–Trinajstić information content (AvgIpc) is 2.61. The molecule has 6 heteroatoms. The molecule has 0 radical (unpaired) electrons. The Morgan fingerprint density at radius 3 is 2.28 bits per heavy atom. The van der Waals surface area contributed by atoms with Crippen LogP contribution < -0.4 is 0 Å². The third-order valence-electron chi connectivity index (χ3n) is 4.33. The summed E-state index contributed by atoms with van der Waals surface area (Å²) in [5, 5.41) is 12.3. The second kappa shape index (κ2) is 7.60. The van der Waals surface area contributed by atoms with Gasteiger partial charge in [0.05, 0.1) is 6.04 Å². The molecule has 3 atom stereocenters. The fraction of sp³-hybridized carbons (Fsp3) is 0.263. The molecule has 0 aromatic heterocycles. The van der Waals surface area contributed by atoms with E-state index in [-0.39, 0.29) is 16.2 Å². The Morgan fingerprint density at radius 1 is 1.08 bits per heavy atom. The first kappa shape index (κ1) is 18.0. The van der Waals surface area contributed by atoms with Gasteiger partial charge in [0, 0.05) is 14.9 Å². The predicted octanol–water partition coefficient (Wildman–Crippen LogP) is 4.74. The standard InChI is InChI=1S/C19H19ClN2O2S/c1-21(2)16-12-17(13-8-10-15(20)11-9-13)25-19(18(16)22(23)24)14-6-4-3-5-7-14/h3-12,16,18-19H,1-2H3/t16-,18+,19-/m1/s1. The van der Waals surface area contributed by atoms with E-state index in [4.69, 9.17) is 11.6 Å². The zero-order chi connectivity index (χ0) is 18.0. The SMILES string of the molecule is CN(C)[C@@H]1C=C(c2ccc(Cl)cc2)S[C@H](c2ccccc2)[C@H]1[N+](=O)[O-]. The molecule has 0 spiro atoms. The molecule has 2 aromatic rings. The molecular formula is C19H19ClN2O2S. The summed E-state index contributed by atoms with van der Waals surface area (Å²) in [6.07, 6.45) is 2.00. The maximum absolute atomic E-state index is 11.9. The van der Waals surface area contributed by atoms with Crippen molar-refractivity contribution >= 4 is 28.3 Å². The highest BCUT2D eigenvalue weighted by molar-refractivity contribution is 8.08. The zero-order valence-corrected chi connectivity index (χ0v) is 15.6. The van der Waals surface area contributed by atoms with E-state index in [1.165, 1.54) is 0 Å². The summed E-state index contributed by atoms with van der Waals surface area (Å²) < 4.78 is 0. The molecule has 0 fully saturated rings. The number of hydrogen-bond acceptors (Lipinski definition) is 4. The Bertz CT molecular complexity index is 778. The lowest BCUT2D eigenvalue weighted by Crippen LogP contribution is -2.46. The van der Waals surface area contributed by atoms with Gasteiger partial charge in [-0.15, -0.1) is 11.8 Å². The van der Waals surface area contributed by atoms with Crippen LogP contribution in [0.5, 0.6) is 0 Å². The lowest BCUT2D eigenvalue weighted by atomic mass is 9.96. The van der Waals surface area contributed by atoms with Gasteiger partial charge >= 0.3 is 0 Å². The van der Waals surface area contributed by atoms with Gasteiger partial charge < -0.3 is 0 Å². The van der Waals surface area contributed by atoms with Gasteiger partial charge in [0.15, 0.2) is 0 Å². The van der Waals surface area contributed by atoms with E-state index in [1.807, 2.05) is 79.7 Å². The Balaban J connectivity index is 2.07. The molecule has 0 unspecified atom stereocenters. The average molecular weight is 375 g/mol. The van der Waals surface area contributed by atoms with Crippen molar-refractivity contribution in [2.24, 2.45) is 0 Å². The van der Waals surface area contributed by atoms with E-state index in [0.29, 0.717) is 5.02 Å². The van der Waals surface area contributed by atoms with Crippen LogP contribution in [0.4, 0.5) is 0 Å². The van der Waals surface area contributed by atoms with E-state index in [9.17, 15) is 10.1 Å². The number of likely N-dealkylation sites (N-methyl/N-ethyl adjacent to an activating group) is 1. The molecule has 4 nitrogen and oxygen atoms in total. The molecule has 3 rings (SSSR count). The van der Waals surface area contributed by atoms with Gasteiger partial charge in [-0.05, 0) is 43.4 Å². The van der Waals surface area contributed by atoms with Crippen molar-refractivity contribution in [3.05, 3.63) is 86.9 Å². The fourth-order valence-corrected chi connectivity index (χ4v) is 4.64. The van der Waals surface area contributed by atoms with Gasteiger partial charge in [0.2, 0.25) is 6.04 Å². The minimum absolute atomic E-state index is 0.148. The summed E-state index contributed by atoms with van der Waals surface area (Å²) in [7, 11) is 3.77. The minimum atomic E-state index is -0.710. The quantitative estimate of drug-likeness (QED) is 0.572. The summed E-state index contributed by atoms with van der Waals surface area (Å²) in [6.45, 7) is 0. The molecule has 0 N–H and O–H groups in total. The highest BCUT2D eigenvalue weighted by atomic mass is 35.5. The molecule has 1 heterocycles.